The van der Waals surface area contributed by atoms with Crippen molar-refractivity contribution in [3.63, 3.8) is 0 Å². The predicted molar refractivity (Wildman–Crippen MR) is 106 cm³/mol. The van der Waals surface area contributed by atoms with Gasteiger partial charge in [-0.15, -0.1) is 0 Å². The summed E-state index contributed by atoms with van der Waals surface area (Å²) in [5.74, 6) is -0.967. The zero-order valence-electron chi connectivity index (χ0n) is 16.5. The van der Waals surface area contributed by atoms with Gasteiger partial charge in [-0.05, 0) is 33.5 Å². The van der Waals surface area contributed by atoms with E-state index in [0.717, 1.165) is 5.56 Å². The summed E-state index contributed by atoms with van der Waals surface area (Å²) >= 11 is 0. The highest BCUT2D eigenvalue weighted by molar-refractivity contribution is 6.46. The minimum absolute atomic E-state index is 0.0745. The van der Waals surface area contributed by atoms with Crippen LogP contribution in [0.2, 0.25) is 0 Å². The standard InChI is InChI=1S/C21H24N4O3/c1-13-16(12-22-14(2)23-13)19(26)17-18(15-8-6-5-7-9-15)25(11-10-24(3)4)21(28)20(17)27/h5-9,12,18,26H,10-11H2,1-4H3/t18-/m0/s1. The van der Waals surface area contributed by atoms with E-state index in [9.17, 15) is 14.7 Å². The maximum absolute atomic E-state index is 12.9. The van der Waals surface area contributed by atoms with Gasteiger partial charge in [0.25, 0.3) is 11.7 Å². The van der Waals surface area contributed by atoms with E-state index < -0.39 is 17.7 Å². The van der Waals surface area contributed by atoms with Crippen molar-refractivity contribution in [2.24, 2.45) is 0 Å². The van der Waals surface area contributed by atoms with E-state index >= 15 is 0 Å². The largest absolute Gasteiger partial charge is 0.507 e. The first kappa shape index (κ1) is 19.7. The third-order valence-corrected chi connectivity index (χ3v) is 4.80. The number of aliphatic hydroxyl groups is 1. The minimum Gasteiger partial charge on any atom is -0.507 e. The lowest BCUT2D eigenvalue weighted by Crippen LogP contribution is -2.35. The van der Waals surface area contributed by atoms with Gasteiger partial charge in [-0.1, -0.05) is 30.3 Å². The molecule has 0 unspecified atom stereocenters. The number of carbonyl (C=O) groups is 2. The van der Waals surface area contributed by atoms with E-state index in [1.165, 1.54) is 11.1 Å². The van der Waals surface area contributed by atoms with Crippen LogP contribution in [-0.2, 0) is 9.59 Å². The van der Waals surface area contributed by atoms with E-state index in [1.54, 1.807) is 13.8 Å². The molecular formula is C21H24N4O3. The molecule has 1 aromatic carbocycles. The highest BCUT2D eigenvalue weighted by Gasteiger charge is 2.46. The number of aliphatic hydroxyl groups excluding tert-OH is 1. The summed E-state index contributed by atoms with van der Waals surface area (Å²) in [5.41, 5.74) is 1.76. The fourth-order valence-electron chi connectivity index (χ4n) is 3.36. The molecule has 1 aromatic heterocycles. The van der Waals surface area contributed by atoms with Crippen molar-refractivity contribution in [1.82, 2.24) is 19.8 Å². The van der Waals surface area contributed by atoms with Crippen LogP contribution in [0.5, 0.6) is 0 Å². The van der Waals surface area contributed by atoms with Crippen molar-refractivity contribution in [3.05, 3.63) is 64.7 Å². The molecule has 7 nitrogen and oxygen atoms in total. The maximum Gasteiger partial charge on any atom is 0.295 e. The Labute approximate surface area is 164 Å². The van der Waals surface area contributed by atoms with E-state index in [0.29, 0.717) is 30.2 Å². The molecule has 0 aliphatic carbocycles. The van der Waals surface area contributed by atoms with Gasteiger partial charge >= 0.3 is 0 Å². The second-order valence-electron chi connectivity index (χ2n) is 7.12. The lowest BCUT2D eigenvalue weighted by atomic mass is 9.95. The van der Waals surface area contributed by atoms with Crippen LogP contribution in [0.15, 0.2) is 42.1 Å². The SMILES string of the molecule is Cc1ncc(C(O)=C2C(=O)C(=O)N(CCN(C)C)[C@H]2c2ccccc2)c(C)n1. The third-order valence-electron chi connectivity index (χ3n) is 4.80. The molecule has 1 aliphatic rings. The molecule has 0 radical (unpaired) electrons. The monoisotopic (exact) mass is 380 g/mol. The van der Waals surface area contributed by atoms with Gasteiger partial charge in [0.15, 0.2) is 0 Å². The Kier molecular flexibility index (Phi) is 5.56. The van der Waals surface area contributed by atoms with Crippen molar-refractivity contribution in [2.75, 3.05) is 27.2 Å². The minimum atomic E-state index is -0.690. The molecule has 1 fully saturated rings. The molecule has 0 saturated carbocycles. The number of hydrogen-bond acceptors (Lipinski definition) is 6. The number of aryl methyl sites for hydroxylation is 2. The van der Waals surface area contributed by atoms with E-state index in [4.69, 9.17) is 0 Å². The lowest BCUT2D eigenvalue weighted by molar-refractivity contribution is -0.140. The van der Waals surface area contributed by atoms with Crippen molar-refractivity contribution in [3.8, 4) is 0 Å². The first-order valence-electron chi connectivity index (χ1n) is 9.10. The van der Waals surface area contributed by atoms with Crippen LogP contribution in [0.3, 0.4) is 0 Å². The number of nitrogens with zero attached hydrogens (tertiary/aromatic N) is 4. The molecule has 0 bridgehead atoms. The third kappa shape index (κ3) is 3.66. The molecule has 1 amide bonds. The maximum atomic E-state index is 12.9. The van der Waals surface area contributed by atoms with Gasteiger partial charge in [0.2, 0.25) is 0 Å². The van der Waals surface area contributed by atoms with E-state index in [2.05, 4.69) is 9.97 Å². The predicted octanol–water partition coefficient (Wildman–Crippen LogP) is 2.08. The molecule has 0 spiro atoms. The van der Waals surface area contributed by atoms with Crippen LogP contribution in [-0.4, -0.2) is 63.7 Å². The van der Waals surface area contributed by atoms with Crippen LogP contribution in [0.25, 0.3) is 5.76 Å². The van der Waals surface area contributed by atoms with Gasteiger partial charge in [-0.25, -0.2) is 9.97 Å². The summed E-state index contributed by atoms with van der Waals surface area (Å²) in [6.07, 6.45) is 1.49. The molecule has 2 heterocycles. The number of likely N-dealkylation sites (N-methyl/N-ethyl adjacent to an activating group) is 1. The van der Waals surface area contributed by atoms with Gasteiger partial charge in [0, 0.05) is 19.3 Å². The fraction of sp³-hybridized carbons (Fsp3) is 0.333. The van der Waals surface area contributed by atoms with Gasteiger partial charge in [0.05, 0.1) is 22.9 Å². The number of carbonyl (C=O) groups excluding carboxylic acids is 2. The number of ketones is 1. The second-order valence-corrected chi connectivity index (χ2v) is 7.12. The molecule has 1 N–H and O–H groups in total. The zero-order chi connectivity index (χ0) is 20.4. The molecule has 1 atom stereocenters. The average molecular weight is 380 g/mol. The summed E-state index contributed by atoms with van der Waals surface area (Å²) in [6.45, 7) is 4.46. The van der Waals surface area contributed by atoms with E-state index in [1.807, 2.05) is 49.3 Å². The summed E-state index contributed by atoms with van der Waals surface area (Å²) < 4.78 is 0. The summed E-state index contributed by atoms with van der Waals surface area (Å²) in [6, 6.07) is 8.62. The first-order chi connectivity index (χ1) is 13.3. The Morgan fingerprint density at radius 3 is 2.46 bits per heavy atom. The van der Waals surface area contributed by atoms with Crippen LogP contribution in [0, 0.1) is 13.8 Å². The Morgan fingerprint density at radius 1 is 1.18 bits per heavy atom. The van der Waals surface area contributed by atoms with Crippen LogP contribution in [0.1, 0.15) is 28.7 Å². The number of hydrogen-bond donors (Lipinski definition) is 1. The van der Waals surface area contributed by atoms with Crippen LogP contribution < -0.4 is 0 Å². The molecule has 146 valence electrons. The highest BCUT2D eigenvalue weighted by Crippen LogP contribution is 2.39. The van der Waals surface area contributed by atoms with Gasteiger partial charge in [0.1, 0.15) is 11.6 Å². The Hall–Kier alpha value is -3.06. The molecule has 7 heteroatoms. The number of likely N-dealkylation sites (tertiary alicyclic amines) is 1. The topological polar surface area (TPSA) is 86.6 Å². The lowest BCUT2D eigenvalue weighted by Gasteiger charge is -2.26. The van der Waals surface area contributed by atoms with E-state index in [-0.39, 0.29) is 11.3 Å². The van der Waals surface area contributed by atoms with Crippen LogP contribution >= 0.6 is 0 Å². The Morgan fingerprint density at radius 2 is 1.86 bits per heavy atom. The number of Topliss-reactive ketones (excluding diaryl/α,β-unsaturated/α-hetero) is 1. The zero-order valence-corrected chi connectivity index (χ0v) is 16.5. The number of amides is 1. The molecule has 3 rings (SSSR count). The quantitative estimate of drug-likeness (QED) is 0.486. The number of benzene rings is 1. The Balaban J connectivity index is 2.16. The van der Waals surface area contributed by atoms with Gasteiger partial charge in [-0.3, -0.25) is 9.59 Å². The Bertz CT molecular complexity index is 938. The van der Waals surface area contributed by atoms with Crippen molar-refractivity contribution >= 4 is 17.4 Å². The van der Waals surface area contributed by atoms with Gasteiger partial charge in [-0.2, -0.15) is 0 Å². The first-order valence-corrected chi connectivity index (χ1v) is 9.10. The molecule has 1 aliphatic heterocycles. The average Bonchev–Trinajstić information content (AvgIpc) is 2.91. The second kappa shape index (κ2) is 7.90. The molecule has 2 aromatic rings. The number of aromatic nitrogens is 2. The van der Waals surface area contributed by atoms with Crippen molar-refractivity contribution in [2.45, 2.75) is 19.9 Å². The van der Waals surface area contributed by atoms with Crippen molar-refractivity contribution in [1.29, 1.82) is 0 Å². The summed E-state index contributed by atoms with van der Waals surface area (Å²) in [7, 11) is 3.81. The molecular weight excluding hydrogens is 356 g/mol. The number of rotatable bonds is 5. The summed E-state index contributed by atoms with van der Waals surface area (Å²) in [5, 5.41) is 11.0. The normalized spacial score (nSPS) is 18.9. The molecule has 1 saturated heterocycles. The summed E-state index contributed by atoms with van der Waals surface area (Å²) in [4.78, 5) is 37.5. The molecule has 28 heavy (non-hydrogen) atoms. The fourth-order valence-corrected chi connectivity index (χ4v) is 3.36. The smallest absolute Gasteiger partial charge is 0.295 e. The van der Waals surface area contributed by atoms with Crippen LogP contribution in [0.4, 0.5) is 0 Å². The van der Waals surface area contributed by atoms with Gasteiger partial charge < -0.3 is 14.9 Å². The van der Waals surface area contributed by atoms with Crippen molar-refractivity contribution < 1.29 is 14.7 Å². The highest BCUT2D eigenvalue weighted by atomic mass is 16.3.